The number of methoxy groups -OCH3 is 2. The lowest BCUT2D eigenvalue weighted by Crippen LogP contribution is -2.23. The molecule has 0 radical (unpaired) electrons. The Morgan fingerprint density at radius 2 is 1.37 bits per heavy atom. The molecule has 54 heavy (non-hydrogen) atoms. The molecule has 0 atom stereocenters. The zero-order chi connectivity index (χ0) is 39.2. The molecular weight excluding hydrogens is 681 g/mol. The molecule has 3 aromatic rings. The Morgan fingerprint density at radius 3 is 1.91 bits per heavy atom. The first-order valence-corrected chi connectivity index (χ1v) is 20.7. The van der Waals surface area contributed by atoms with Crippen LogP contribution in [-0.2, 0) is 22.7 Å². The summed E-state index contributed by atoms with van der Waals surface area (Å²) in [6.45, 7) is 6.78. The second-order valence-corrected chi connectivity index (χ2v) is 14.1. The zero-order valence-corrected chi connectivity index (χ0v) is 34.3. The number of fused-ring (bicyclic) bond motifs is 1. The van der Waals surface area contributed by atoms with Crippen molar-refractivity contribution in [3.63, 3.8) is 0 Å². The summed E-state index contributed by atoms with van der Waals surface area (Å²) in [7, 11) is 5.09. The maximum absolute atomic E-state index is 12.1. The first-order chi connectivity index (χ1) is 26.4. The van der Waals surface area contributed by atoms with Gasteiger partial charge in [0.15, 0.2) is 11.3 Å². The minimum absolute atomic E-state index is 0.00854. The average molecular weight is 753 g/mol. The van der Waals surface area contributed by atoms with Crippen molar-refractivity contribution in [2.24, 2.45) is 0 Å². The van der Waals surface area contributed by atoms with Gasteiger partial charge in [-0.05, 0) is 50.6 Å². The number of nitrogen functional groups attached to an aromatic ring is 1. The number of benzene rings is 1. The third-order valence-electron chi connectivity index (χ3n) is 9.48. The van der Waals surface area contributed by atoms with Crippen molar-refractivity contribution in [2.45, 2.75) is 155 Å². The van der Waals surface area contributed by atoms with Crippen LogP contribution in [0.25, 0.3) is 11.0 Å². The van der Waals surface area contributed by atoms with E-state index >= 15 is 0 Å². The van der Waals surface area contributed by atoms with E-state index in [-0.39, 0.29) is 11.9 Å². The molecule has 0 unspecified atom stereocenters. The van der Waals surface area contributed by atoms with Gasteiger partial charge in [-0.2, -0.15) is 10.1 Å². The van der Waals surface area contributed by atoms with Gasteiger partial charge in [-0.1, -0.05) is 110 Å². The standard InChI is InChI=1S/C24H36N8O3.C18H36O/c1-5-6-10-27-23-22-18(29-24(25)30-23)15-32(31-22)14-17-19(34-3)11-16(12-20(17)35-4)13-28-21(33)8-7-9-26-2;1-2-3-4-5-6-7-8-9-10-11-12-13-14-15-16-17-18-19/h11-12,15,26H,5-10,13-14H2,1-4H3,(H,28,33)(H3,25,27,29,30);18H,2-17H2,1H3. The molecule has 0 bridgehead atoms. The first kappa shape index (κ1) is 46.2. The fraction of sp³-hybridized carbons (Fsp3) is 0.690. The molecule has 0 fully saturated rings. The van der Waals surface area contributed by atoms with Crippen molar-refractivity contribution in [3.8, 4) is 11.5 Å². The highest BCUT2D eigenvalue weighted by Crippen LogP contribution is 2.32. The van der Waals surface area contributed by atoms with Gasteiger partial charge >= 0.3 is 0 Å². The van der Waals surface area contributed by atoms with Crippen molar-refractivity contribution >= 4 is 35.0 Å². The molecule has 1 aromatic carbocycles. The Balaban J connectivity index is 0.000000451. The number of nitrogens with zero attached hydrogens (tertiary/aromatic N) is 4. The van der Waals surface area contributed by atoms with Gasteiger partial charge in [-0.15, -0.1) is 0 Å². The number of rotatable bonds is 30. The highest BCUT2D eigenvalue weighted by molar-refractivity contribution is 5.85. The van der Waals surface area contributed by atoms with Gasteiger partial charge in [0.25, 0.3) is 0 Å². The molecule has 3 rings (SSSR count). The van der Waals surface area contributed by atoms with Crippen LogP contribution in [0, 0.1) is 0 Å². The molecule has 2 heterocycles. The van der Waals surface area contributed by atoms with Gasteiger partial charge in [0, 0.05) is 25.9 Å². The van der Waals surface area contributed by atoms with Crippen molar-refractivity contribution < 1.29 is 19.1 Å². The number of aromatic nitrogens is 4. The van der Waals surface area contributed by atoms with Gasteiger partial charge in [-0.3, -0.25) is 9.48 Å². The summed E-state index contributed by atoms with van der Waals surface area (Å²) in [4.78, 5) is 30.9. The van der Waals surface area contributed by atoms with Crippen LogP contribution in [-0.4, -0.2) is 66.3 Å². The van der Waals surface area contributed by atoms with Crippen LogP contribution >= 0.6 is 0 Å². The van der Waals surface area contributed by atoms with Gasteiger partial charge in [0.1, 0.15) is 23.3 Å². The quantitative estimate of drug-likeness (QED) is 0.0383. The number of anilines is 2. The molecular formula is C42H72N8O4. The largest absolute Gasteiger partial charge is 0.496 e. The molecule has 12 heteroatoms. The summed E-state index contributed by atoms with van der Waals surface area (Å²) in [5.74, 6) is 2.13. The van der Waals surface area contributed by atoms with Gasteiger partial charge in [-0.25, -0.2) is 4.98 Å². The molecule has 304 valence electrons. The summed E-state index contributed by atoms with van der Waals surface area (Å²) in [6, 6.07) is 3.81. The lowest BCUT2D eigenvalue weighted by Gasteiger charge is -2.16. The van der Waals surface area contributed by atoms with Crippen LogP contribution in [0.4, 0.5) is 11.8 Å². The number of aldehydes is 1. The fourth-order valence-electron chi connectivity index (χ4n) is 6.34. The van der Waals surface area contributed by atoms with E-state index in [0.29, 0.717) is 47.9 Å². The summed E-state index contributed by atoms with van der Waals surface area (Å²) >= 11 is 0. The van der Waals surface area contributed by atoms with E-state index in [4.69, 9.17) is 20.3 Å². The Morgan fingerprint density at radius 1 is 0.796 bits per heavy atom. The first-order valence-electron chi connectivity index (χ1n) is 20.7. The highest BCUT2D eigenvalue weighted by atomic mass is 16.5. The van der Waals surface area contributed by atoms with Gasteiger partial charge in [0.05, 0.1) is 32.5 Å². The number of unbranched alkanes of at least 4 members (excludes halogenated alkanes) is 16. The number of ether oxygens (including phenoxy) is 2. The number of nitrogens with one attached hydrogen (secondary N) is 3. The second kappa shape index (κ2) is 29.4. The molecule has 0 aliphatic heterocycles. The second-order valence-electron chi connectivity index (χ2n) is 14.1. The van der Waals surface area contributed by atoms with E-state index < -0.39 is 0 Å². The van der Waals surface area contributed by atoms with Crippen LogP contribution < -0.4 is 31.2 Å². The number of hydrogen-bond acceptors (Lipinski definition) is 10. The predicted molar refractivity (Wildman–Crippen MR) is 222 cm³/mol. The molecule has 12 nitrogen and oxygen atoms in total. The van der Waals surface area contributed by atoms with Crippen molar-refractivity contribution in [1.82, 2.24) is 30.4 Å². The van der Waals surface area contributed by atoms with E-state index in [2.05, 4.69) is 39.8 Å². The molecule has 1 amide bonds. The summed E-state index contributed by atoms with van der Waals surface area (Å²) in [5.41, 5.74) is 8.94. The lowest BCUT2D eigenvalue weighted by molar-refractivity contribution is -0.121. The van der Waals surface area contributed by atoms with Gasteiger partial charge < -0.3 is 36.0 Å². The van der Waals surface area contributed by atoms with Crippen molar-refractivity contribution in [2.75, 3.05) is 45.4 Å². The molecule has 2 aromatic heterocycles. The average Bonchev–Trinajstić information content (AvgIpc) is 3.58. The maximum atomic E-state index is 12.1. The van der Waals surface area contributed by atoms with Crippen molar-refractivity contribution in [1.29, 1.82) is 0 Å². The van der Waals surface area contributed by atoms with E-state index in [0.717, 1.165) is 62.6 Å². The third-order valence-corrected chi connectivity index (χ3v) is 9.48. The Hall–Kier alpha value is -3.93. The molecule has 0 saturated heterocycles. The van der Waals surface area contributed by atoms with E-state index in [1.807, 2.05) is 25.4 Å². The monoisotopic (exact) mass is 753 g/mol. The van der Waals surface area contributed by atoms with E-state index in [1.54, 1.807) is 18.9 Å². The Labute approximate surface area is 325 Å². The SMILES string of the molecule is CCCCCCCCCCCCCCCCCC=O.CCCCNc1nc(N)nc2cn(Cc3c(OC)cc(CNC(=O)CCCNC)cc3OC)nc12. The van der Waals surface area contributed by atoms with Crippen LogP contribution in [0.5, 0.6) is 11.5 Å². The number of carbonyl (C=O) groups excluding carboxylic acids is 2. The minimum Gasteiger partial charge on any atom is -0.496 e. The number of carbonyl (C=O) groups is 2. The Bertz CT molecular complexity index is 1420. The van der Waals surface area contributed by atoms with Crippen LogP contribution in [0.2, 0.25) is 0 Å². The number of hydrogen-bond donors (Lipinski definition) is 4. The van der Waals surface area contributed by atoms with Crippen molar-refractivity contribution in [3.05, 3.63) is 29.5 Å². The summed E-state index contributed by atoms with van der Waals surface area (Å²) < 4.78 is 13.1. The summed E-state index contributed by atoms with van der Waals surface area (Å²) in [5, 5.41) is 14.0. The van der Waals surface area contributed by atoms with E-state index in [1.165, 1.54) is 89.9 Å². The zero-order valence-electron chi connectivity index (χ0n) is 34.3. The molecule has 0 saturated carbocycles. The highest BCUT2D eigenvalue weighted by Gasteiger charge is 2.17. The third kappa shape index (κ3) is 18.9. The van der Waals surface area contributed by atoms with E-state index in [9.17, 15) is 9.59 Å². The summed E-state index contributed by atoms with van der Waals surface area (Å²) in [6.07, 6.45) is 27.8. The van der Waals surface area contributed by atoms with Crippen LogP contribution in [0.15, 0.2) is 18.3 Å². The predicted octanol–water partition coefficient (Wildman–Crippen LogP) is 8.75. The minimum atomic E-state index is 0.00854. The normalized spacial score (nSPS) is 10.9. The number of nitrogens with two attached hydrogens (primary N) is 1. The number of amides is 1. The molecule has 0 aliphatic carbocycles. The van der Waals surface area contributed by atoms with Crippen LogP contribution in [0.3, 0.4) is 0 Å². The topological polar surface area (TPSA) is 158 Å². The molecule has 0 spiro atoms. The lowest BCUT2D eigenvalue weighted by atomic mass is 10.0. The molecule has 5 N–H and O–H groups in total. The van der Waals surface area contributed by atoms with Gasteiger partial charge in [0.2, 0.25) is 11.9 Å². The maximum Gasteiger partial charge on any atom is 0.222 e. The Kier molecular flexibility index (Phi) is 25.2. The smallest absolute Gasteiger partial charge is 0.222 e. The van der Waals surface area contributed by atoms with Crippen LogP contribution in [0.1, 0.15) is 153 Å². The fourth-order valence-corrected chi connectivity index (χ4v) is 6.34. The molecule has 0 aliphatic rings.